The van der Waals surface area contributed by atoms with Gasteiger partial charge in [0.15, 0.2) is 6.17 Å². The molecule has 1 atom stereocenters. The lowest BCUT2D eigenvalue weighted by Gasteiger charge is -2.26. The lowest BCUT2D eigenvalue weighted by atomic mass is 10.1. The molecule has 8 nitrogen and oxygen atoms in total. The Labute approximate surface area is 178 Å². The lowest BCUT2D eigenvalue weighted by molar-refractivity contribution is 0.0627. The fourth-order valence-corrected chi connectivity index (χ4v) is 3.82. The van der Waals surface area contributed by atoms with Crippen LogP contribution < -0.4 is 15.4 Å². The summed E-state index contributed by atoms with van der Waals surface area (Å²) in [5, 5.41) is 14.1. The Balaban J connectivity index is 1.82. The van der Waals surface area contributed by atoms with Crippen LogP contribution in [0.15, 0.2) is 57.3 Å². The Morgan fingerprint density at radius 2 is 1.84 bits per heavy atom. The van der Waals surface area contributed by atoms with E-state index in [9.17, 15) is 17.2 Å². The zero-order valence-electron chi connectivity index (χ0n) is 16.7. The summed E-state index contributed by atoms with van der Waals surface area (Å²) < 4.78 is 55.2. The van der Waals surface area contributed by atoms with Crippen molar-refractivity contribution in [1.29, 1.82) is 5.26 Å². The molecule has 0 aliphatic carbocycles. The number of hydrogen-bond acceptors (Lipinski definition) is 7. The summed E-state index contributed by atoms with van der Waals surface area (Å²) in [6.07, 6.45) is -0.912. The van der Waals surface area contributed by atoms with Crippen LogP contribution in [0.4, 0.5) is 20.2 Å². The fourth-order valence-electron chi connectivity index (χ4n) is 2.83. The minimum Gasteiger partial charge on any atom is -0.358 e. The van der Waals surface area contributed by atoms with E-state index < -0.39 is 22.1 Å². The number of guanidine groups is 1. The van der Waals surface area contributed by atoms with Gasteiger partial charge in [-0.25, -0.2) is 23.1 Å². The molecule has 0 saturated carbocycles. The molecular formula is C20H20F2N6O2S. The van der Waals surface area contributed by atoms with Crippen LogP contribution in [0.3, 0.4) is 0 Å². The van der Waals surface area contributed by atoms with Crippen molar-refractivity contribution in [3.63, 3.8) is 0 Å². The Morgan fingerprint density at radius 3 is 2.48 bits per heavy atom. The van der Waals surface area contributed by atoms with Gasteiger partial charge >= 0.3 is 5.92 Å². The largest absolute Gasteiger partial charge is 0.358 e. The van der Waals surface area contributed by atoms with Crippen LogP contribution in [-0.4, -0.2) is 39.7 Å². The van der Waals surface area contributed by atoms with Gasteiger partial charge in [-0.3, -0.25) is 0 Å². The molecule has 0 radical (unpaired) electrons. The van der Waals surface area contributed by atoms with E-state index in [0.29, 0.717) is 23.2 Å². The van der Waals surface area contributed by atoms with Gasteiger partial charge in [-0.15, -0.1) is 0 Å². The fraction of sp³-hybridized carbons (Fsp3) is 0.250. The first-order chi connectivity index (χ1) is 14.6. The molecule has 1 unspecified atom stereocenters. The summed E-state index contributed by atoms with van der Waals surface area (Å²) in [5.41, 5.74) is 2.03. The van der Waals surface area contributed by atoms with E-state index in [0.717, 1.165) is 5.56 Å². The van der Waals surface area contributed by atoms with E-state index in [1.165, 1.54) is 13.1 Å². The van der Waals surface area contributed by atoms with Crippen LogP contribution in [0, 0.1) is 18.3 Å². The molecule has 31 heavy (non-hydrogen) atoms. The molecule has 2 aromatic rings. The monoisotopic (exact) mass is 446 g/mol. The smallest absolute Gasteiger partial charge is 0.322 e. The molecule has 0 amide bonds. The molecule has 3 rings (SSSR count). The number of aryl methyl sites for hydroxylation is 1. The highest BCUT2D eigenvalue weighted by atomic mass is 32.2. The molecule has 2 aromatic carbocycles. The number of hydrogen-bond donors (Lipinski definition) is 3. The number of nitrogens with zero attached hydrogens (tertiary/aromatic N) is 3. The third kappa shape index (κ3) is 5.22. The zero-order valence-corrected chi connectivity index (χ0v) is 17.5. The third-order valence-electron chi connectivity index (χ3n) is 4.52. The Kier molecular flexibility index (Phi) is 6.33. The summed E-state index contributed by atoms with van der Waals surface area (Å²) in [5.74, 6) is -3.44. The number of nitrogens with one attached hydrogen (secondary N) is 3. The summed E-state index contributed by atoms with van der Waals surface area (Å²) >= 11 is 0. The molecular weight excluding hydrogens is 426 g/mol. The van der Waals surface area contributed by atoms with Crippen molar-refractivity contribution in [2.45, 2.75) is 30.3 Å². The first-order valence-corrected chi connectivity index (χ1v) is 10.7. The van der Waals surface area contributed by atoms with E-state index in [1.54, 1.807) is 43.3 Å². The second kappa shape index (κ2) is 8.79. The Morgan fingerprint density at radius 1 is 1.16 bits per heavy atom. The van der Waals surface area contributed by atoms with E-state index >= 15 is 0 Å². The van der Waals surface area contributed by atoms with Crippen molar-refractivity contribution in [2.75, 3.05) is 17.7 Å². The molecule has 1 aliphatic heterocycles. The highest BCUT2D eigenvalue weighted by Crippen LogP contribution is 2.26. The number of rotatable bonds is 6. The predicted molar refractivity (Wildman–Crippen MR) is 115 cm³/mol. The Hall–Kier alpha value is -3.36. The highest BCUT2D eigenvalue weighted by molar-refractivity contribution is 7.89. The van der Waals surface area contributed by atoms with Gasteiger partial charge < -0.3 is 10.6 Å². The third-order valence-corrected chi connectivity index (χ3v) is 6.07. The molecule has 0 spiro atoms. The second-order valence-electron chi connectivity index (χ2n) is 6.78. The summed E-state index contributed by atoms with van der Waals surface area (Å²) in [6, 6.07) is 13.1. The van der Waals surface area contributed by atoms with Crippen LogP contribution >= 0.6 is 0 Å². The van der Waals surface area contributed by atoms with E-state index in [2.05, 4.69) is 25.3 Å². The lowest BCUT2D eigenvalue weighted by Crippen LogP contribution is -2.43. The van der Waals surface area contributed by atoms with Gasteiger partial charge in [0.2, 0.25) is 16.0 Å². The summed E-state index contributed by atoms with van der Waals surface area (Å²) in [7, 11) is -2.39. The molecule has 0 bridgehead atoms. The van der Waals surface area contributed by atoms with Crippen molar-refractivity contribution >= 4 is 33.6 Å². The number of alkyl halides is 2. The number of sulfonamides is 1. The highest BCUT2D eigenvalue weighted by Gasteiger charge is 2.41. The standard InChI is InChI=1S/C20H20F2N6O2S/c1-13-3-6-16(11-17(13)31(29,30)24-2)27-19-25-12-20(21,22)18(28-19)26-15-7-4-14(5-8-15)9-10-23/h3-8,11-12,18,24,26H,9H2,1-2H3,(H,27,28). The summed E-state index contributed by atoms with van der Waals surface area (Å²) in [6.45, 7) is 1.65. The molecule has 1 aliphatic rings. The van der Waals surface area contributed by atoms with Gasteiger partial charge in [0.25, 0.3) is 0 Å². The maximum Gasteiger partial charge on any atom is 0.322 e. The molecule has 0 fully saturated rings. The zero-order chi connectivity index (χ0) is 22.6. The minimum absolute atomic E-state index is 0.0536. The van der Waals surface area contributed by atoms with Crippen molar-refractivity contribution < 1.29 is 17.2 Å². The van der Waals surface area contributed by atoms with E-state index in [4.69, 9.17) is 5.26 Å². The number of anilines is 2. The SMILES string of the molecule is CNS(=O)(=O)c1cc(NC2=NC(Nc3ccc(CC#N)cc3)C(F)(F)C=N2)ccc1C. The predicted octanol–water partition coefficient (Wildman–Crippen LogP) is 2.90. The van der Waals surface area contributed by atoms with Crippen LogP contribution in [0.2, 0.25) is 0 Å². The topological polar surface area (TPSA) is 119 Å². The van der Waals surface area contributed by atoms with Gasteiger partial charge in [-0.2, -0.15) is 14.0 Å². The molecule has 162 valence electrons. The first-order valence-electron chi connectivity index (χ1n) is 9.19. The maximum atomic E-state index is 14.3. The Bertz CT molecular complexity index is 1170. The maximum absolute atomic E-state index is 14.3. The van der Waals surface area contributed by atoms with Crippen LogP contribution in [0.1, 0.15) is 11.1 Å². The average Bonchev–Trinajstić information content (AvgIpc) is 2.73. The molecule has 3 N–H and O–H groups in total. The number of aliphatic imine (C=N–C) groups is 2. The van der Waals surface area contributed by atoms with Gasteiger partial charge in [-0.05, 0) is 49.4 Å². The molecule has 0 saturated heterocycles. The van der Waals surface area contributed by atoms with Crippen LogP contribution in [0.25, 0.3) is 0 Å². The van der Waals surface area contributed by atoms with E-state index in [1.807, 2.05) is 6.07 Å². The van der Waals surface area contributed by atoms with Gasteiger partial charge in [0.05, 0.1) is 23.6 Å². The van der Waals surface area contributed by atoms with Crippen molar-refractivity contribution in [3.8, 4) is 6.07 Å². The van der Waals surface area contributed by atoms with Crippen molar-refractivity contribution in [3.05, 3.63) is 53.6 Å². The molecule has 11 heteroatoms. The molecule has 1 heterocycles. The van der Waals surface area contributed by atoms with Crippen LogP contribution in [0.5, 0.6) is 0 Å². The number of benzene rings is 2. The quantitative estimate of drug-likeness (QED) is 0.631. The second-order valence-corrected chi connectivity index (χ2v) is 8.63. The summed E-state index contributed by atoms with van der Waals surface area (Å²) in [4.78, 5) is 7.67. The van der Waals surface area contributed by atoms with Crippen molar-refractivity contribution in [1.82, 2.24) is 4.72 Å². The van der Waals surface area contributed by atoms with Gasteiger partial charge in [0.1, 0.15) is 0 Å². The number of nitriles is 1. The van der Waals surface area contributed by atoms with Crippen LogP contribution in [-0.2, 0) is 16.4 Å². The molecule has 0 aromatic heterocycles. The van der Waals surface area contributed by atoms with Crippen molar-refractivity contribution in [2.24, 2.45) is 9.98 Å². The number of halogens is 2. The average molecular weight is 446 g/mol. The normalized spacial score (nSPS) is 17.5. The van der Waals surface area contributed by atoms with Gasteiger partial charge in [0, 0.05) is 11.4 Å². The minimum atomic E-state index is -3.69. The van der Waals surface area contributed by atoms with Gasteiger partial charge in [-0.1, -0.05) is 18.2 Å². The first kappa shape index (κ1) is 22.3. The van der Waals surface area contributed by atoms with E-state index in [-0.39, 0.29) is 17.3 Å².